The molecule has 0 aliphatic carbocycles. The van der Waals surface area contributed by atoms with Crippen molar-refractivity contribution in [2.75, 3.05) is 7.05 Å². The summed E-state index contributed by atoms with van der Waals surface area (Å²) in [6, 6.07) is 5.15. The lowest BCUT2D eigenvalue weighted by atomic mass is 9.97. The fourth-order valence-electron chi connectivity index (χ4n) is 2.29. The minimum Gasteiger partial charge on any atom is -0.479 e. The molecule has 0 radical (unpaired) electrons. The molecule has 1 amide bonds. The number of rotatable bonds is 3. The summed E-state index contributed by atoms with van der Waals surface area (Å²) in [5.41, 5.74) is 0.425. The molecule has 0 saturated carbocycles. The van der Waals surface area contributed by atoms with Crippen molar-refractivity contribution in [2.45, 2.75) is 39.4 Å². The van der Waals surface area contributed by atoms with E-state index in [0.29, 0.717) is 16.9 Å². The second-order valence-corrected chi connectivity index (χ2v) is 5.78. The van der Waals surface area contributed by atoms with Gasteiger partial charge in [0.25, 0.3) is 0 Å². The number of carbonyl (C=O) groups excluding carboxylic acids is 2. The fraction of sp³-hybridized carbons (Fsp3) is 0.412. The molecule has 1 aliphatic heterocycles. The minimum absolute atomic E-state index is 0.288. The number of ether oxygens (including phenoxy) is 3. The number of benzene rings is 1. The van der Waals surface area contributed by atoms with E-state index in [1.54, 1.807) is 38.1 Å². The number of amides is 1. The molecule has 1 aromatic carbocycles. The molecule has 1 aliphatic rings. The van der Waals surface area contributed by atoms with Crippen LogP contribution in [-0.4, -0.2) is 24.7 Å². The van der Waals surface area contributed by atoms with Gasteiger partial charge in [-0.15, -0.1) is 0 Å². The lowest BCUT2D eigenvalue weighted by Gasteiger charge is -2.26. The maximum Gasteiger partial charge on any atom is 0.412 e. The highest BCUT2D eigenvalue weighted by Crippen LogP contribution is 2.49. The van der Waals surface area contributed by atoms with Gasteiger partial charge in [-0.3, -0.25) is 0 Å². The molecule has 2 rings (SSSR count). The summed E-state index contributed by atoms with van der Waals surface area (Å²) in [4.78, 5) is 23.5. The van der Waals surface area contributed by atoms with E-state index >= 15 is 0 Å². The van der Waals surface area contributed by atoms with Crippen molar-refractivity contribution >= 4 is 12.1 Å². The third kappa shape index (κ3) is 3.31. The quantitative estimate of drug-likeness (QED) is 0.684. The third-order valence-electron chi connectivity index (χ3n) is 3.68. The standard InChI is InChI=1S/C17H21NO5/c1-6-10(2)15(19)22-14-11-8-7-9-12(21-16(20)18-5)13(11)23-17(14,3)4/h6-9,14H,1-5H3,(H,18,20)/b10-6-. The van der Waals surface area contributed by atoms with Crippen LogP contribution >= 0.6 is 0 Å². The van der Waals surface area contributed by atoms with Crippen molar-refractivity contribution in [1.29, 1.82) is 0 Å². The van der Waals surface area contributed by atoms with Crippen molar-refractivity contribution < 1.29 is 23.8 Å². The van der Waals surface area contributed by atoms with Crippen LogP contribution in [0.25, 0.3) is 0 Å². The van der Waals surface area contributed by atoms with Crippen molar-refractivity contribution in [1.82, 2.24) is 5.32 Å². The zero-order valence-electron chi connectivity index (χ0n) is 13.9. The molecule has 124 valence electrons. The lowest BCUT2D eigenvalue weighted by molar-refractivity contribution is -0.152. The molecule has 1 atom stereocenters. The van der Waals surface area contributed by atoms with Gasteiger partial charge in [-0.1, -0.05) is 18.2 Å². The van der Waals surface area contributed by atoms with E-state index in [1.165, 1.54) is 7.05 Å². The first-order chi connectivity index (χ1) is 10.8. The van der Waals surface area contributed by atoms with E-state index in [9.17, 15) is 9.59 Å². The van der Waals surface area contributed by atoms with Gasteiger partial charge in [0.05, 0.1) is 0 Å². The van der Waals surface area contributed by atoms with Crippen molar-refractivity contribution in [3.63, 3.8) is 0 Å². The summed E-state index contributed by atoms with van der Waals surface area (Å²) >= 11 is 0. The number of allylic oxidation sites excluding steroid dienone is 1. The average Bonchev–Trinajstić information content (AvgIpc) is 2.78. The van der Waals surface area contributed by atoms with Crippen molar-refractivity contribution in [2.24, 2.45) is 0 Å². The number of hydrogen-bond acceptors (Lipinski definition) is 5. The maximum absolute atomic E-state index is 12.1. The molecule has 1 aromatic rings. The highest BCUT2D eigenvalue weighted by molar-refractivity contribution is 5.88. The highest BCUT2D eigenvalue weighted by Gasteiger charge is 2.45. The number of fused-ring (bicyclic) bond motifs is 1. The Balaban J connectivity index is 2.36. The van der Waals surface area contributed by atoms with Crippen LogP contribution in [0.3, 0.4) is 0 Å². The number of carbonyl (C=O) groups is 2. The third-order valence-corrected chi connectivity index (χ3v) is 3.68. The largest absolute Gasteiger partial charge is 0.479 e. The van der Waals surface area contributed by atoms with Gasteiger partial charge in [-0.2, -0.15) is 0 Å². The molecule has 0 aromatic heterocycles. The van der Waals surface area contributed by atoms with Crippen LogP contribution in [0.5, 0.6) is 11.5 Å². The maximum atomic E-state index is 12.1. The Labute approximate surface area is 135 Å². The second-order valence-electron chi connectivity index (χ2n) is 5.78. The zero-order chi connectivity index (χ0) is 17.2. The van der Waals surface area contributed by atoms with Crippen LogP contribution in [-0.2, 0) is 9.53 Å². The van der Waals surface area contributed by atoms with Gasteiger partial charge in [0.2, 0.25) is 0 Å². The van der Waals surface area contributed by atoms with Crippen LogP contribution in [0.4, 0.5) is 4.79 Å². The van der Waals surface area contributed by atoms with Crippen LogP contribution in [0.1, 0.15) is 39.4 Å². The minimum atomic E-state index is -0.770. The number of esters is 1. The van der Waals surface area contributed by atoms with Gasteiger partial charge in [-0.25, -0.2) is 9.59 Å². The molecule has 1 unspecified atom stereocenters. The Hall–Kier alpha value is -2.50. The Morgan fingerprint density at radius 1 is 1.35 bits per heavy atom. The summed E-state index contributed by atoms with van der Waals surface area (Å²) in [5, 5.41) is 2.38. The molecule has 0 saturated heterocycles. The lowest BCUT2D eigenvalue weighted by Crippen LogP contribution is -2.33. The van der Waals surface area contributed by atoms with Crippen LogP contribution < -0.4 is 14.8 Å². The van der Waals surface area contributed by atoms with Crippen LogP contribution in [0, 0.1) is 0 Å². The predicted octanol–water partition coefficient (Wildman–Crippen LogP) is 3.13. The van der Waals surface area contributed by atoms with Gasteiger partial charge >= 0.3 is 12.1 Å². The summed E-state index contributed by atoms with van der Waals surface area (Å²) in [6.45, 7) is 7.10. The van der Waals surface area contributed by atoms with E-state index in [2.05, 4.69) is 5.32 Å². The van der Waals surface area contributed by atoms with Gasteiger partial charge < -0.3 is 19.5 Å². The highest BCUT2D eigenvalue weighted by atomic mass is 16.6. The molecule has 0 spiro atoms. The fourth-order valence-corrected chi connectivity index (χ4v) is 2.29. The first kappa shape index (κ1) is 16.9. The van der Waals surface area contributed by atoms with Crippen molar-refractivity contribution in [3.8, 4) is 11.5 Å². The Kier molecular flexibility index (Phi) is 4.63. The van der Waals surface area contributed by atoms with E-state index in [0.717, 1.165) is 0 Å². The van der Waals surface area contributed by atoms with Gasteiger partial charge in [0, 0.05) is 18.2 Å². The molecule has 23 heavy (non-hydrogen) atoms. The van der Waals surface area contributed by atoms with Gasteiger partial charge in [-0.05, 0) is 33.8 Å². The average molecular weight is 319 g/mol. The summed E-state index contributed by atoms with van der Waals surface area (Å²) in [6.07, 6.45) is 0.509. The molecular formula is C17H21NO5. The van der Waals surface area contributed by atoms with Crippen molar-refractivity contribution in [3.05, 3.63) is 35.4 Å². The van der Waals surface area contributed by atoms with E-state index in [1.807, 2.05) is 13.8 Å². The van der Waals surface area contributed by atoms with E-state index < -0.39 is 23.8 Å². The molecule has 6 nitrogen and oxygen atoms in total. The smallest absolute Gasteiger partial charge is 0.412 e. The van der Waals surface area contributed by atoms with Crippen LogP contribution in [0.15, 0.2) is 29.8 Å². The Morgan fingerprint density at radius 3 is 2.65 bits per heavy atom. The molecule has 0 fully saturated rings. The molecular weight excluding hydrogens is 298 g/mol. The number of nitrogens with one attached hydrogen (secondary N) is 1. The van der Waals surface area contributed by atoms with Gasteiger partial charge in [0.15, 0.2) is 17.6 Å². The van der Waals surface area contributed by atoms with Gasteiger partial charge in [0.1, 0.15) is 5.60 Å². The normalized spacial score (nSPS) is 18.7. The SMILES string of the molecule is C/C=C(/C)C(=O)OC1c2cccc(OC(=O)NC)c2OC1(C)C. The van der Waals surface area contributed by atoms with E-state index in [-0.39, 0.29) is 5.75 Å². The molecule has 1 N–H and O–H groups in total. The Morgan fingerprint density at radius 2 is 2.04 bits per heavy atom. The molecule has 0 bridgehead atoms. The summed E-state index contributed by atoms with van der Waals surface area (Å²) in [5.74, 6) is 0.299. The zero-order valence-corrected chi connectivity index (χ0v) is 13.9. The number of hydrogen-bond donors (Lipinski definition) is 1. The van der Waals surface area contributed by atoms with E-state index in [4.69, 9.17) is 14.2 Å². The molecule has 6 heteroatoms. The summed E-state index contributed by atoms with van der Waals surface area (Å²) < 4.78 is 16.7. The second kappa shape index (κ2) is 6.32. The first-order valence-electron chi connectivity index (χ1n) is 7.35. The Bertz CT molecular complexity index is 663. The monoisotopic (exact) mass is 319 g/mol. The topological polar surface area (TPSA) is 73.9 Å². The summed E-state index contributed by atoms with van der Waals surface area (Å²) in [7, 11) is 1.47. The number of para-hydroxylation sites is 1. The van der Waals surface area contributed by atoms with Crippen LogP contribution in [0.2, 0.25) is 0 Å². The first-order valence-corrected chi connectivity index (χ1v) is 7.35. The predicted molar refractivity (Wildman–Crippen MR) is 84.5 cm³/mol. The molecule has 1 heterocycles.